The molecule has 0 unspecified atom stereocenters. The van der Waals surface area contributed by atoms with Gasteiger partial charge in [0.25, 0.3) is 0 Å². The number of carbonyl (C=O) groups is 4. The molecule has 2 fully saturated rings. The highest BCUT2D eigenvalue weighted by molar-refractivity contribution is 6.24. The van der Waals surface area contributed by atoms with Gasteiger partial charge in [-0.25, -0.2) is 0 Å². The Morgan fingerprint density at radius 2 is 1.37 bits per heavy atom. The van der Waals surface area contributed by atoms with Crippen LogP contribution in [0, 0.1) is 0 Å². The summed E-state index contributed by atoms with van der Waals surface area (Å²) in [6, 6.07) is 0. The highest BCUT2D eigenvalue weighted by Crippen LogP contribution is 2.42. The van der Waals surface area contributed by atoms with Gasteiger partial charge in [-0.05, 0) is 0 Å². The van der Waals surface area contributed by atoms with E-state index in [0.717, 1.165) is 20.8 Å². The summed E-state index contributed by atoms with van der Waals surface area (Å²) in [4.78, 5) is 46.8. The number of rotatable bonds is 9. The van der Waals surface area contributed by atoms with Gasteiger partial charge in [0, 0.05) is 27.7 Å². The molecule has 0 N–H and O–H groups in total. The molecule has 2 aliphatic heterocycles. The van der Waals surface area contributed by atoms with Gasteiger partial charge < -0.3 is 33.2 Å². The van der Waals surface area contributed by atoms with E-state index in [-0.39, 0.29) is 12.5 Å². The van der Waals surface area contributed by atoms with Crippen molar-refractivity contribution in [1.82, 2.24) is 0 Å². The summed E-state index contributed by atoms with van der Waals surface area (Å²) < 4.78 is 38.8. The van der Waals surface area contributed by atoms with Crippen molar-refractivity contribution in [2.24, 2.45) is 0 Å². The van der Waals surface area contributed by atoms with Gasteiger partial charge in [0.15, 0.2) is 18.3 Å². The number of alkyl halides is 4. The molecule has 11 nitrogen and oxygen atoms in total. The molecule has 0 aromatic heterocycles. The summed E-state index contributed by atoms with van der Waals surface area (Å²) in [5.41, 5.74) is 0. The number of esters is 4. The van der Waals surface area contributed by atoms with Gasteiger partial charge in [0.1, 0.15) is 23.5 Å². The van der Waals surface area contributed by atoms with E-state index in [1.54, 1.807) is 0 Å². The van der Waals surface area contributed by atoms with Crippen LogP contribution in [-0.4, -0.2) is 95.6 Å². The molecule has 2 heterocycles. The lowest BCUT2D eigenvalue weighted by molar-refractivity contribution is -0.358. The van der Waals surface area contributed by atoms with Crippen LogP contribution in [0.15, 0.2) is 0 Å². The first-order chi connectivity index (χ1) is 16.3. The van der Waals surface area contributed by atoms with Crippen molar-refractivity contribution in [2.45, 2.75) is 81.0 Å². The molecule has 2 aliphatic rings. The molecule has 0 spiro atoms. The molecule has 15 heteroatoms. The van der Waals surface area contributed by atoms with Crippen molar-refractivity contribution in [3.05, 3.63) is 0 Å². The van der Waals surface area contributed by atoms with E-state index in [2.05, 4.69) is 0 Å². The Kier molecular flexibility index (Phi) is 11.1. The van der Waals surface area contributed by atoms with Gasteiger partial charge in [-0.3, -0.25) is 19.2 Å². The maximum atomic E-state index is 11.9. The predicted molar refractivity (Wildman–Crippen MR) is 121 cm³/mol. The first kappa shape index (κ1) is 30.1. The topological polar surface area (TPSA) is 133 Å². The third-order valence-corrected chi connectivity index (χ3v) is 6.72. The Morgan fingerprint density at radius 3 is 1.86 bits per heavy atom. The van der Waals surface area contributed by atoms with Crippen LogP contribution >= 0.6 is 46.4 Å². The normalized spacial score (nSPS) is 36.8. The third-order valence-electron chi connectivity index (χ3n) is 5.00. The minimum atomic E-state index is -1.91. The van der Waals surface area contributed by atoms with Gasteiger partial charge in [0.2, 0.25) is 12.1 Å². The average molecular weight is 584 g/mol. The van der Waals surface area contributed by atoms with Crippen LogP contribution in [-0.2, 0) is 52.3 Å². The van der Waals surface area contributed by atoms with Crippen LogP contribution in [0.2, 0.25) is 0 Å². The van der Waals surface area contributed by atoms with E-state index in [4.69, 9.17) is 79.6 Å². The SMILES string of the molecule is CC(=O)OC[C@H]1O[C@H](O[C@]2(CCl)O[C@H](CCl)[C@H](Cl)[C@@H]2OC(C)=O)[C@H](OC(C)=O)[C@@H](OC(C)=O)[C@H]1Cl. The van der Waals surface area contributed by atoms with Crippen molar-refractivity contribution >= 4 is 70.3 Å². The second kappa shape index (κ2) is 12.9. The van der Waals surface area contributed by atoms with Gasteiger partial charge in [-0.1, -0.05) is 0 Å². The van der Waals surface area contributed by atoms with Crippen LogP contribution in [0.3, 0.4) is 0 Å². The fraction of sp³-hybridized carbons (Fsp3) is 0.800. The molecule has 2 saturated heterocycles. The molecule has 0 aliphatic carbocycles. The van der Waals surface area contributed by atoms with Crippen molar-refractivity contribution in [2.75, 3.05) is 18.4 Å². The largest absolute Gasteiger partial charge is 0.463 e. The van der Waals surface area contributed by atoms with E-state index in [1.807, 2.05) is 0 Å². The summed E-state index contributed by atoms with van der Waals surface area (Å²) in [6.07, 6.45) is -7.45. The summed E-state index contributed by atoms with van der Waals surface area (Å²) in [5.74, 6) is -5.27. The number of halogens is 4. The van der Waals surface area contributed by atoms with Crippen molar-refractivity contribution < 1.29 is 52.3 Å². The lowest BCUT2D eigenvalue weighted by atomic mass is 10.0. The molecule has 0 saturated carbocycles. The standard InChI is InChI=1S/C20H26Cl4O11/c1-8(25)29-6-13-14(23)16(30-9(2)26)17(31-10(3)27)19(33-13)35-20(7-22)18(32-11(4)28)15(24)12(5-21)34-20/h12-19H,5-7H2,1-4H3/t12-,13-,14+,15+,16+,17-,18+,19-,20+/m1/s1. The smallest absolute Gasteiger partial charge is 0.303 e. The van der Waals surface area contributed by atoms with Crippen LogP contribution in [0.1, 0.15) is 27.7 Å². The second-order valence-electron chi connectivity index (χ2n) is 7.79. The summed E-state index contributed by atoms with van der Waals surface area (Å²) >= 11 is 25.0. The molecule has 200 valence electrons. The molecule has 0 aromatic carbocycles. The zero-order chi connectivity index (χ0) is 26.5. The number of hydrogen-bond donors (Lipinski definition) is 0. The first-order valence-electron chi connectivity index (χ1n) is 10.4. The molecule has 2 rings (SSSR count). The average Bonchev–Trinajstić information content (AvgIpc) is 3.02. The fourth-order valence-corrected chi connectivity index (χ4v) is 4.98. The monoisotopic (exact) mass is 582 g/mol. The Hall–Kier alpha value is -1.08. The highest BCUT2D eigenvalue weighted by Gasteiger charge is 2.61. The van der Waals surface area contributed by atoms with E-state index < -0.39 is 83.1 Å². The molecule has 0 radical (unpaired) electrons. The molecular formula is C20H26Cl4O11. The van der Waals surface area contributed by atoms with E-state index in [9.17, 15) is 19.2 Å². The lowest BCUT2D eigenvalue weighted by Gasteiger charge is -2.45. The summed E-state index contributed by atoms with van der Waals surface area (Å²) in [7, 11) is 0. The van der Waals surface area contributed by atoms with Crippen molar-refractivity contribution in [3.8, 4) is 0 Å². The fourth-order valence-electron chi connectivity index (χ4n) is 3.64. The number of hydrogen-bond acceptors (Lipinski definition) is 11. The van der Waals surface area contributed by atoms with E-state index in [0.29, 0.717) is 0 Å². The van der Waals surface area contributed by atoms with Crippen molar-refractivity contribution in [3.63, 3.8) is 0 Å². The maximum absolute atomic E-state index is 11.9. The molecule has 0 bridgehead atoms. The Bertz CT molecular complexity index is 799. The molecule has 35 heavy (non-hydrogen) atoms. The third kappa shape index (κ3) is 7.47. The Morgan fingerprint density at radius 1 is 0.800 bits per heavy atom. The van der Waals surface area contributed by atoms with Crippen LogP contribution in [0.25, 0.3) is 0 Å². The molecular weight excluding hydrogens is 558 g/mol. The van der Waals surface area contributed by atoms with Crippen LogP contribution in [0.5, 0.6) is 0 Å². The van der Waals surface area contributed by atoms with Gasteiger partial charge in [0.05, 0.1) is 17.9 Å². The zero-order valence-electron chi connectivity index (χ0n) is 19.2. The Labute approximate surface area is 221 Å². The molecule has 0 aromatic rings. The highest BCUT2D eigenvalue weighted by atomic mass is 35.5. The number of ether oxygens (including phenoxy) is 7. The van der Waals surface area contributed by atoms with Gasteiger partial charge >= 0.3 is 23.9 Å². The maximum Gasteiger partial charge on any atom is 0.303 e. The minimum absolute atomic E-state index is 0.0955. The molecule has 9 atom stereocenters. The van der Waals surface area contributed by atoms with E-state index in [1.165, 1.54) is 6.92 Å². The van der Waals surface area contributed by atoms with Gasteiger partial charge in [-0.2, -0.15) is 0 Å². The summed E-state index contributed by atoms with van der Waals surface area (Å²) in [6.45, 7) is 4.22. The predicted octanol–water partition coefficient (Wildman–Crippen LogP) is 1.87. The number of carbonyl (C=O) groups excluding carboxylic acids is 4. The second-order valence-corrected chi connectivity index (χ2v) is 9.37. The zero-order valence-corrected chi connectivity index (χ0v) is 22.3. The van der Waals surface area contributed by atoms with Crippen LogP contribution < -0.4 is 0 Å². The van der Waals surface area contributed by atoms with Gasteiger partial charge in [-0.15, -0.1) is 46.4 Å². The summed E-state index contributed by atoms with van der Waals surface area (Å²) in [5, 5.41) is -2.09. The molecule has 0 amide bonds. The minimum Gasteiger partial charge on any atom is -0.463 e. The van der Waals surface area contributed by atoms with E-state index >= 15 is 0 Å². The Balaban J connectivity index is 2.48. The quantitative estimate of drug-likeness (QED) is 0.224. The first-order valence-corrected chi connectivity index (χ1v) is 12.4. The van der Waals surface area contributed by atoms with Crippen molar-refractivity contribution in [1.29, 1.82) is 0 Å². The van der Waals surface area contributed by atoms with Crippen LogP contribution in [0.4, 0.5) is 0 Å². The lowest BCUT2D eigenvalue weighted by Crippen LogP contribution is -2.63.